The summed E-state index contributed by atoms with van der Waals surface area (Å²) in [5.41, 5.74) is 7.71. The van der Waals surface area contributed by atoms with E-state index in [1.54, 1.807) is 24.3 Å². The molecule has 1 aromatic heterocycles. The van der Waals surface area contributed by atoms with E-state index >= 15 is 0 Å². The van der Waals surface area contributed by atoms with Gasteiger partial charge in [-0.3, -0.25) is 0 Å². The minimum absolute atomic E-state index is 0.504. The van der Waals surface area contributed by atoms with Crippen LogP contribution < -0.4 is 5.73 Å². The van der Waals surface area contributed by atoms with Crippen LogP contribution >= 0.6 is 39.1 Å². The highest BCUT2D eigenvalue weighted by Crippen LogP contribution is 2.29. The summed E-state index contributed by atoms with van der Waals surface area (Å²) in [6.07, 6.45) is 0. The van der Waals surface area contributed by atoms with E-state index in [2.05, 4.69) is 31.5 Å². The molecule has 1 heterocycles. The van der Waals surface area contributed by atoms with Crippen LogP contribution in [0, 0.1) is 0 Å². The van der Waals surface area contributed by atoms with Crippen molar-refractivity contribution in [3.63, 3.8) is 0 Å². The van der Waals surface area contributed by atoms with Crippen molar-refractivity contribution in [2.24, 2.45) is 0 Å². The number of anilines is 1. The summed E-state index contributed by atoms with van der Waals surface area (Å²) in [4.78, 5) is 0. The van der Waals surface area contributed by atoms with Crippen LogP contribution in [-0.4, -0.2) is 20.2 Å². The van der Waals surface area contributed by atoms with Gasteiger partial charge < -0.3 is 5.73 Å². The Morgan fingerprint density at radius 1 is 1.10 bits per heavy atom. The molecule has 0 atom stereocenters. The third-order valence-electron chi connectivity index (χ3n) is 2.78. The number of nitrogen functional groups attached to an aromatic ring is 1. The minimum atomic E-state index is 0.504. The van der Waals surface area contributed by atoms with Crippen molar-refractivity contribution in [3.05, 3.63) is 50.9 Å². The first-order chi connectivity index (χ1) is 10.0. The van der Waals surface area contributed by atoms with Crippen LogP contribution in [-0.2, 0) is 0 Å². The quantitative estimate of drug-likeness (QED) is 0.678. The Labute approximate surface area is 138 Å². The first-order valence-corrected chi connectivity index (χ1v) is 7.40. The van der Waals surface area contributed by atoms with Crippen molar-refractivity contribution in [2.75, 3.05) is 5.73 Å². The molecule has 2 aromatic carbocycles. The lowest BCUT2D eigenvalue weighted by Crippen LogP contribution is -2.01. The van der Waals surface area contributed by atoms with E-state index in [9.17, 15) is 0 Å². The van der Waals surface area contributed by atoms with Gasteiger partial charge in [0.25, 0.3) is 0 Å². The van der Waals surface area contributed by atoms with Crippen LogP contribution in [0.1, 0.15) is 0 Å². The van der Waals surface area contributed by atoms with Crippen LogP contribution in [0.3, 0.4) is 0 Å². The monoisotopic (exact) mass is 383 g/mol. The van der Waals surface area contributed by atoms with Crippen molar-refractivity contribution >= 4 is 44.8 Å². The Bertz CT molecular complexity index is 798. The number of benzene rings is 2. The molecule has 0 aliphatic rings. The topological polar surface area (TPSA) is 69.6 Å². The molecule has 0 aliphatic carbocycles. The highest BCUT2D eigenvalue weighted by Gasteiger charge is 2.14. The van der Waals surface area contributed by atoms with Crippen molar-refractivity contribution in [2.45, 2.75) is 0 Å². The fourth-order valence-electron chi connectivity index (χ4n) is 1.92. The van der Waals surface area contributed by atoms with Crippen LogP contribution in [0.5, 0.6) is 0 Å². The van der Waals surface area contributed by atoms with Crippen molar-refractivity contribution in [3.8, 4) is 17.1 Å². The Hall–Kier alpha value is -1.63. The molecule has 2 N–H and O–H groups in total. The van der Waals surface area contributed by atoms with Gasteiger partial charge in [0.05, 0.1) is 10.7 Å². The third kappa shape index (κ3) is 2.88. The molecule has 3 rings (SSSR count). The second kappa shape index (κ2) is 5.63. The second-order valence-corrected chi connectivity index (χ2v) is 6.04. The molecule has 3 aromatic rings. The lowest BCUT2D eigenvalue weighted by atomic mass is 10.2. The van der Waals surface area contributed by atoms with Gasteiger partial charge in [-0.2, -0.15) is 4.68 Å². The van der Waals surface area contributed by atoms with E-state index < -0.39 is 0 Å². The van der Waals surface area contributed by atoms with E-state index in [1.807, 2.05) is 12.1 Å². The molecule has 0 unspecified atom stereocenters. The Morgan fingerprint density at radius 2 is 1.90 bits per heavy atom. The number of nitrogens with zero attached hydrogens (tertiary/aromatic N) is 4. The van der Waals surface area contributed by atoms with E-state index in [4.69, 9.17) is 28.9 Å². The molecule has 0 spiro atoms. The van der Waals surface area contributed by atoms with E-state index in [0.29, 0.717) is 32.8 Å². The zero-order chi connectivity index (χ0) is 15.0. The summed E-state index contributed by atoms with van der Waals surface area (Å²) in [6.45, 7) is 0. The predicted octanol–water partition coefficient (Wildman–Crippen LogP) is 3.98. The van der Waals surface area contributed by atoms with Crippen LogP contribution in [0.15, 0.2) is 40.9 Å². The molecule has 0 saturated heterocycles. The third-order valence-corrected chi connectivity index (χ3v) is 3.82. The lowest BCUT2D eigenvalue weighted by molar-refractivity contribution is 0.791. The number of halogens is 3. The smallest absolute Gasteiger partial charge is 0.187 e. The van der Waals surface area contributed by atoms with Crippen molar-refractivity contribution < 1.29 is 0 Å². The van der Waals surface area contributed by atoms with E-state index in [1.165, 1.54) is 4.68 Å². The summed E-state index contributed by atoms with van der Waals surface area (Å²) >= 11 is 15.7. The molecule has 21 heavy (non-hydrogen) atoms. The van der Waals surface area contributed by atoms with Gasteiger partial charge in [0, 0.05) is 20.7 Å². The van der Waals surface area contributed by atoms with E-state index in [0.717, 1.165) is 4.47 Å². The zero-order valence-electron chi connectivity index (χ0n) is 10.5. The van der Waals surface area contributed by atoms with Gasteiger partial charge in [0.15, 0.2) is 5.82 Å². The fraction of sp³-hybridized carbons (Fsp3) is 0. The molecular formula is C13H8BrCl2N5. The molecule has 106 valence electrons. The number of hydrogen-bond donors (Lipinski definition) is 1. The average molecular weight is 385 g/mol. The maximum Gasteiger partial charge on any atom is 0.187 e. The van der Waals surface area contributed by atoms with Crippen molar-refractivity contribution in [1.29, 1.82) is 0 Å². The fourth-order valence-corrected chi connectivity index (χ4v) is 2.71. The number of rotatable bonds is 2. The van der Waals surface area contributed by atoms with Gasteiger partial charge in [-0.1, -0.05) is 39.1 Å². The van der Waals surface area contributed by atoms with Gasteiger partial charge >= 0.3 is 0 Å². The van der Waals surface area contributed by atoms with Crippen LogP contribution in [0.2, 0.25) is 10.0 Å². The van der Waals surface area contributed by atoms with Gasteiger partial charge in [-0.25, -0.2) is 0 Å². The molecule has 8 heteroatoms. The Morgan fingerprint density at radius 3 is 2.67 bits per heavy atom. The normalized spacial score (nSPS) is 10.8. The summed E-state index contributed by atoms with van der Waals surface area (Å²) in [7, 11) is 0. The average Bonchev–Trinajstić information content (AvgIpc) is 2.89. The molecular weight excluding hydrogens is 377 g/mol. The minimum Gasteiger partial charge on any atom is -0.399 e. The van der Waals surface area contributed by atoms with Crippen LogP contribution in [0.4, 0.5) is 5.69 Å². The Balaban J connectivity index is 2.19. The maximum absolute atomic E-state index is 6.22. The summed E-state index contributed by atoms with van der Waals surface area (Å²) in [5.74, 6) is 0.504. The first-order valence-electron chi connectivity index (χ1n) is 5.85. The summed E-state index contributed by atoms with van der Waals surface area (Å²) in [5, 5.41) is 12.8. The highest BCUT2D eigenvalue weighted by atomic mass is 79.9. The zero-order valence-corrected chi connectivity index (χ0v) is 13.6. The molecule has 0 saturated carbocycles. The number of nitrogens with two attached hydrogens (primary N) is 1. The van der Waals surface area contributed by atoms with Gasteiger partial charge in [0.1, 0.15) is 0 Å². The SMILES string of the molecule is Nc1cc(Cl)cc(-c2nnnn2-c2cc(Br)ccc2Cl)c1. The predicted molar refractivity (Wildman–Crippen MR) is 86.7 cm³/mol. The Kier molecular flexibility index (Phi) is 3.84. The first kappa shape index (κ1) is 14.3. The van der Waals surface area contributed by atoms with Gasteiger partial charge in [-0.15, -0.1) is 5.10 Å². The molecule has 5 nitrogen and oxygen atoms in total. The maximum atomic E-state index is 6.22. The number of aromatic nitrogens is 4. The molecule has 0 radical (unpaired) electrons. The number of hydrogen-bond acceptors (Lipinski definition) is 4. The second-order valence-electron chi connectivity index (χ2n) is 4.28. The van der Waals surface area contributed by atoms with Crippen molar-refractivity contribution in [1.82, 2.24) is 20.2 Å². The van der Waals surface area contributed by atoms with Crippen LogP contribution in [0.25, 0.3) is 17.1 Å². The largest absolute Gasteiger partial charge is 0.399 e. The lowest BCUT2D eigenvalue weighted by Gasteiger charge is -2.08. The van der Waals surface area contributed by atoms with Gasteiger partial charge in [0.2, 0.25) is 0 Å². The summed E-state index contributed by atoms with van der Waals surface area (Å²) in [6, 6.07) is 10.6. The molecule has 0 bridgehead atoms. The molecule has 0 fully saturated rings. The van der Waals surface area contributed by atoms with E-state index in [-0.39, 0.29) is 0 Å². The summed E-state index contributed by atoms with van der Waals surface area (Å²) < 4.78 is 2.41. The molecule has 0 amide bonds. The highest BCUT2D eigenvalue weighted by molar-refractivity contribution is 9.10. The molecule has 0 aliphatic heterocycles. The van der Waals surface area contributed by atoms with Gasteiger partial charge in [-0.05, 0) is 46.8 Å². The standard InChI is InChI=1S/C13H8BrCl2N5/c14-8-1-2-11(16)12(5-8)21-13(18-19-20-21)7-3-9(15)6-10(17)4-7/h1-6H,17H2. The number of tetrazole rings is 1.